The molecule has 3 rings (SSSR count). The third kappa shape index (κ3) is 2.02. The summed E-state index contributed by atoms with van der Waals surface area (Å²) in [4.78, 5) is 26.8. The van der Waals surface area contributed by atoms with E-state index in [9.17, 15) is 9.59 Å². The van der Waals surface area contributed by atoms with Crippen molar-refractivity contribution in [3.05, 3.63) is 51.1 Å². The molecule has 0 saturated heterocycles. The Morgan fingerprint density at radius 1 is 1.42 bits per heavy atom. The minimum Gasteiger partial charge on any atom is -0.476 e. The van der Waals surface area contributed by atoms with Gasteiger partial charge in [-0.25, -0.2) is 14.3 Å². The van der Waals surface area contributed by atoms with Gasteiger partial charge in [0.1, 0.15) is 5.52 Å². The van der Waals surface area contributed by atoms with Crippen molar-refractivity contribution < 1.29 is 9.90 Å². The molecule has 0 aliphatic rings. The SMILES string of the molecule is O=C(O)c1nc(Cn2ccn3nccc3c2=O)cs1. The number of thiazole rings is 1. The lowest BCUT2D eigenvalue weighted by molar-refractivity contribution is 0.0696. The number of hydrogen-bond acceptors (Lipinski definition) is 5. The van der Waals surface area contributed by atoms with Crippen LogP contribution in [0.5, 0.6) is 0 Å². The van der Waals surface area contributed by atoms with Gasteiger partial charge in [-0.05, 0) is 6.07 Å². The van der Waals surface area contributed by atoms with E-state index in [4.69, 9.17) is 5.11 Å². The van der Waals surface area contributed by atoms with Gasteiger partial charge in [-0.3, -0.25) is 4.79 Å². The molecule has 0 atom stereocenters. The Morgan fingerprint density at radius 2 is 2.26 bits per heavy atom. The van der Waals surface area contributed by atoms with Crippen LogP contribution in [-0.2, 0) is 6.54 Å². The smallest absolute Gasteiger partial charge is 0.365 e. The zero-order valence-corrected chi connectivity index (χ0v) is 10.4. The van der Waals surface area contributed by atoms with Gasteiger partial charge in [0, 0.05) is 17.8 Å². The monoisotopic (exact) mass is 276 g/mol. The number of fused-ring (bicyclic) bond motifs is 1. The summed E-state index contributed by atoms with van der Waals surface area (Å²) < 4.78 is 2.96. The second-order valence-electron chi connectivity index (χ2n) is 3.84. The van der Waals surface area contributed by atoms with Crippen molar-refractivity contribution in [1.29, 1.82) is 0 Å². The first-order valence-corrected chi connectivity index (χ1v) is 6.23. The van der Waals surface area contributed by atoms with Gasteiger partial charge >= 0.3 is 5.97 Å². The molecule has 3 heterocycles. The third-order valence-corrected chi connectivity index (χ3v) is 3.48. The van der Waals surface area contributed by atoms with Crippen LogP contribution in [0.15, 0.2) is 34.8 Å². The maximum atomic E-state index is 12.1. The summed E-state index contributed by atoms with van der Waals surface area (Å²) in [5, 5.41) is 14.4. The molecule has 96 valence electrons. The molecule has 0 aliphatic heterocycles. The predicted octanol–water partition coefficient (Wildman–Crippen LogP) is 0.699. The molecule has 0 bridgehead atoms. The summed E-state index contributed by atoms with van der Waals surface area (Å²) in [7, 11) is 0. The molecule has 1 N–H and O–H groups in total. The van der Waals surface area contributed by atoms with Crippen molar-refractivity contribution in [3.63, 3.8) is 0 Å². The zero-order chi connectivity index (χ0) is 13.4. The fourth-order valence-electron chi connectivity index (χ4n) is 1.74. The molecule has 0 aromatic carbocycles. The molecule has 8 heteroatoms. The van der Waals surface area contributed by atoms with Crippen LogP contribution in [0.1, 0.15) is 15.5 Å². The fourth-order valence-corrected chi connectivity index (χ4v) is 2.38. The highest BCUT2D eigenvalue weighted by Crippen LogP contribution is 2.10. The average molecular weight is 276 g/mol. The fraction of sp³-hybridized carbons (Fsp3) is 0.0909. The minimum absolute atomic E-state index is 0.0217. The molecular weight excluding hydrogens is 268 g/mol. The highest BCUT2D eigenvalue weighted by Gasteiger charge is 2.10. The lowest BCUT2D eigenvalue weighted by Gasteiger charge is -2.03. The summed E-state index contributed by atoms with van der Waals surface area (Å²) in [5.41, 5.74) is 0.828. The zero-order valence-electron chi connectivity index (χ0n) is 9.55. The first-order valence-electron chi connectivity index (χ1n) is 5.35. The Morgan fingerprint density at radius 3 is 3.00 bits per heavy atom. The maximum Gasteiger partial charge on any atom is 0.365 e. The van der Waals surface area contributed by atoms with Crippen molar-refractivity contribution in [2.75, 3.05) is 0 Å². The van der Waals surface area contributed by atoms with Gasteiger partial charge in [-0.2, -0.15) is 5.10 Å². The number of carboxylic acids is 1. The number of nitrogens with zero attached hydrogens (tertiary/aromatic N) is 4. The van der Waals surface area contributed by atoms with Gasteiger partial charge in [-0.15, -0.1) is 11.3 Å². The summed E-state index contributed by atoms with van der Waals surface area (Å²) >= 11 is 1.04. The minimum atomic E-state index is -1.06. The van der Waals surface area contributed by atoms with Crippen molar-refractivity contribution in [2.45, 2.75) is 6.54 Å². The number of hydrogen-bond donors (Lipinski definition) is 1. The number of aromatic nitrogens is 4. The van der Waals surface area contributed by atoms with Crippen LogP contribution in [0.2, 0.25) is 0 Å². The second kappa shape index (κ2) is 4.32. The van der Waals surface area contributed by atoms with Gasteiger partial charge in [0.05, 0.1) is 18.4 Å². The number of carboxylic acid groups (broad SMARTS) is 1. The van der Waals surface area contributed by atoms with Crippen molar-refractivity contribution in [2.24, 2.45) is 0 Å². The molecule has 19 heavy (non-hydrogen) atoms. The molecule has 0 aliphatic carbocycles. The van der Waals surface area contributed by atoms with Crippen LogP contribution in [0.4, 0.5) is 0 Å². The molecule has 3 aromatic rings. The molecule has 0 unspecified atom stereocenters. The molecule has 0 fully saturated rings. The quantitative estimate of drug-likeness (QED) is 0.760. The van der Waals surface area contributed by atoms with Crippen LogP contribution < -0.4 is 5.56 Å². The highest BCUT2D eigenvalue weighted by atomic mass is 32.1. The van der Waals surface area contributed by atoms with E-state index < -0.39 is 5.97 Å². The highest BCUT2D eigenvalue weighted by molar-refractivity contribution is 7.11. The van der Waals surface area contributed by atoms with Crippen LogP contribution >= 0.6 is 11.3 Å². The standard InChI is InChI=1S/C11H8N4O3S/c16-10-8-1-2-12-15(8)4-3-14(10)5-7-6-19-9(13-7)11(17)18/h1-4,6H,5H2,(H,17,18). The van der Waals surface area contributed by atoms with Crippen LogP contribution in [-0.4, -0.2) is 30.2 Å². The molecule has 0 radical (unpaired) electrons. The Bertz CT molecular complexity index is 817. The van der Waals surface area contributed by atoms with E-state index >= 15 is 0 Å². The third-order valence-electron chi connectivity index (χ3n) is 2.61. The lowest BCUT2D eigenvalue weighted by Crippen LogP contribution is -2.22. The predicted molar refractivity (Wildman–Crippen MR) is 67.6 cm³/mol. The van der Waals surface area contributed by atoms with E-state index in [0.717, 1.165) is 11.3 Å². The van der Waals surface area contributed by atoms with Gasteiger partial charge < -0.3 is 9.67 Å². The Hall–Kier alpha value is -2.48. The molecule has 7 nitrogen and oxygen atoms in total. The Kier molecular flexibility index (Phi) is 2.64. The molecule has 3 aromatic heterocycles. The summed E-state index contributed by atoms with van der Waals surface area (Å²) in [5.74, 6) is -1.06. The van der Waals surface area contributed by atoms with E-state index in [1.807, 2.05) is 0 Å². The van der Waals surface area contributed by atoms with Crippen LogP contribution in [0, 0.1) is 0 Å². The van der Waals surface area contributed by atoms with Gasteiger partial charge in [0.25, 0.3) is 5.56 Å². The second-order valence-corrected chi connectivity index (χ2v) is 4.70. The normalized spacial score (nSPS) is 10.9. The molecule has 0 spiro atoms. The van der Waals surface area contributed by atoms with Crippen molar-refractivity contribution in [1.82, 2.24) is 19.2 Å². The van der Waals surface area contributed by atoms with E-state index in [0.29, 0.717) is 11.2 Å². The van der Waals surface area contributed by atoms with Crippen molar-refractivity contribution in [3.8, 4) is 0 Å². The van der Waals surface area contributed by atoms with Crippen molar-refractivity contribution >= 4 is 22.8 Å². The summed E-state index contributed by atoms with van der Waals surface area (Å²) in [6.07, 6.45) is 4.82. The molecule has 0 saturated carbocycles. The van der Waals surface area contributed by atoms with E-state index in [1.165, 1.54) is 9.08 Å². The Balaban J connectivity index is 1.98. The number of carbonyl (C=O) groups is 1. The number of rotatable bonds is 3. The summed E-state index contributed by atoms with van der Waals surface area (Å²) in [6, 6.07) is 1.63. The topological polar surface area (TPSA) is 89.5 Å². The summed E-state index contributed by atoms with van der Waals surface area (Å²) in [6.45, 7) is 0.240. The molecular formula is C11H8N4O3S. The van der Waals surface area contributed by atoms with Gasteiger partial charge in [0.2, 0.25) is 5.01 Å². The Labute approximate surface area is 110 Å². The average Bonchev–Trinajstić information content (AvgIpc) is 3.01. The van der Waals surface area contributed by atoms with Crippen LogP contribution in [0.25, 0.3) is 5.52 Å². The van der Waals surface area contributed by atoms with Gasteiger partial charge in [0.15, 0.2) is 0 Å². The molecule has 0 amide bonds. The van der Waals surface area contributed by atoms with E-state index in [-0.39, 0.29) is 17.1 Å². The van der Waals surface area contributed by atoms with E-state index in [1.54, 1.807) is 30.0 Å². The lowest BCUT2D eigenvalue weighted by atomic mass is 10.4. The first-order chi connectivity index (χ1) is 9.15. The van der Waals surface area contributed by atoms with Crippen LogP contribution in [0.3, 0.4) is 0 Å². The largest absolute Gasteiger partial charge is 0.476 e. The number of aromatic carboxylic acids is 1. The first kappa shape index (κ1) is 11.6. The van der Waals surface area contributed by atoms with E-state index in [2.05, 4.69) is 10.1 Å². The maximum absolute atomic E-state index is 12.1. The van der Waals surface area contributed by atoms with Gasteiger partial charge in [-0.1, -0.05) is 0 Å².